The van der Waals surface area contributed by atoms with E-state index in [1.165, 1.54) is 289 Å². The first kappa shape index (κ1) is 75.0. The highest BCUT2D eigenvalue weighted by Crippen LogP contribution is 2.43. The molecule has 3 atom stereocenters. The van der Waals surface area contributed by atoms with Crippen molar-refractivity contribution in [3.8, 4) is 0 Å². The van der Waals surface area contributed by atoms with Crippen LogP contribution in [0, 0.1) is 0 Å². The number of aliphatic hydroxyl groups is 1. The molecule has 0 aliphatic rings. The van der Waals surface area contributed by atoms with Crippen LogP contribution in [0.2, 0.25) is 0 Å². The monoisotopic (exact) mass is 1090 g/mol. The summed E-state index contributed by atoms with van der Waals surface area (Å²) in [6.45, 7) is 4.83. The molecule has 9 heteroatoms. The predicted octanol–water partition coefficient (Wildman–Crippen LogP) is 21.1. The maximum atomic E-state index is 13.0. The van der Waals surface area contributed by atoms with Gasteiger partial charge in [0.1, 0.15) is 13.2 Å². The average Bonchev–Trinajstić information content (AvgIpc) is 3.38. The van der Waals surface area contributed by atoms with Crippen LogP contribution in [0.4, 0.5) is 0 Å². The van der Waals surface area contributed by atoms with Crippen LogP contribution in [-0.4, -0.2) is 73.4 Å². The molecule has 8 nitrogen and oxygen atoms in total. The normalized spacial score (nSPS) is 13.8. The molecule has 452 valence electrons. The Labute approximate surface area is 474 Å². The number of amides is 1. The van der Waals surface area contributed by atoms with E-state index in [1.54, 1.807) is 6.08 Å². The number of hydrogen-bond acceptors (Lipinski definition) is 5. The van der Waals surface area contributed by atoms with E-state index in [0.29, 0.717) is 17.4 Å². The molecule has 0 saturated carbocycles. The number of unbranched alkanes of at least 4 members (excludes halogenated alkanes) is 48. The Bertz CT molecular complexity index is 1290. The lowest BCUT2D eigenvalue weighted by Crippen LogP contribution is -2.45. The number of hydrogen-bond donors (Lipinski definition) is 3. The zero-order chi connectivity index (χ0) is 55.6. The highest BCUT2D eigenvalue weighted by atomic mass is 31.2. The van der Waals surface area contributed by atoms with Gasteiger partial charge in [0.15, 0.2) is 0 Å². The fourth-order valence-electron chi connectivity index (χ4n) is 10.4. The Morgan fingerprint density at radius 1 is 0.434 bits per heavy atom. The SMILES string of the molecule is CCCCCCCCCC/C=C/CC/C=C/C(O)C(COP(=O)(O)OCC[N+](C)(C)C)NC(=O)CCCCCCCCCCCCCCCCCCCCCCCCCCCCCCCCCCCCCCCCCC. The molecule has 0 rings (SSSR count). The second kappa shape index (κ2) is 58.6. The topological polar surface area (TPSA) is 105 Å². The summed E-state index contributed by atoms with van der Waals surface area (Å²) in [5.41, 5.74) is 0. The number of carbonyl (C=O) groups is 1. The summed E-state index contributed by atoms with van der Waals surface area (Å²) in [6, 6.07) is -0.860. The highest BCUT2D eigenvalue weighted by Gasteiger charge is 2.28. The second-order valence-electron chi connectivity index (χ2n) is 24.6. The van der Waals surface area contributed by atoms with Crippen molar-refractivity contribution in [2.45, 2.75) is 360 Å². The average molecular weight is 1090 g/mol. The summed E-state index contributed by atoms with van der Waals surface area (Å²) >= 11 is 0. The summed E-state index contributed by atoms with van der Waals surface area (Å²) < 4.78 is 23.7. The molecule has 0 radical (unpaired) electrons. The number of likely N-dealkylation sites (N-methyl/N-ethyl adjacent to an activating group) is 1. The van der Waals surface area contributed by atoms with E-state index in [9.17, 15) is 19.4 Å². The van der Waals surface area contributed by atoms with E-state index in [2.05, 4.69) is 31.3 Å². The van der Waals surface area contributed by atoms with Crippen LogP contribution >= 0.6 is 7.82 Å². The number of phosphoric acid groups is 1. The fourth-order valence-corrected chi connectivity index (χ4v) is 11.2. The van der Waals surface area contributed by atoms with Gasteiger partial charge in [-0.05, 0) is 32.1 Å². The van der Waals surface area contributed by atoms with Crippen molar-refractivity contribution in [3.63, 3.8) is 0 Å². The van der Waals surface area contributed by atoms with Crippen LogP contribution in [0.5, 0.6) is 0 Å². The highest BCUT2D eigenvalue weighted by molar-refractivity contribution is 7.47. The molecule has 0 aromatic carbocycles. The van der Waals surface area contributed by atoms with Gasteiger partial charge in [0, 0.05) is 6.42 Å². The number of aliphatic hydroxyl groups excluding tert-OH is 1. The molecule has 3 N–H and O–H groups in total. The zero-order valence-electron chi connectivity index (χ0n) is 51.8. The fraction of sp³-hybridized carbons (Fsp3) is 0.925. The molecular weight excluding hydrogens is 960 g/mol. The van der Waals surface area contributed by atoms with E-state index in [-0.39, 0.29) is 19.1 Å². The molecular formula is C67H134N2O6P+. The van der Waals surface area contributed by atoms with Crippen LogP contribution in [0.1, 0.15) is 348 Å². The molecule has 0 aromatic rings. The van der Waals surface area contributed by atoms with Crippen LogP contribution in [-0.2, 0) is 18.4 Å². The molecule has 0 heterocycles. The Morgan fingerprint density at radius 3 is 1.05 bits per heavy atom. The van der Waals surface area contributed by atoms with Crippen molar-refractivity contribution < 1.29 is 32.9 Å². The Hall–Kier alpha value is -1.02. The van der Waals surface area contributed by atoms with Crippen LogP contribution in [0.25, 0.3) is 0 Å². The maximum absolute atomic E-state index is 13.0. The molecule has 0 saturated heterocycles. The Morgan fingerprint density at radius 2 is 0.724 bits per heavy atom. The molecule has 0 spiro atoms. The van der Waals surface area contributed by atoms with E-state index in [0.717, 1.165) is 38.5 Å². The molecule has 0 fully saturated rings. The third-order valence-corrected chi connectivity index (χ3v) is 16.7. The van der Waals surface area contributed by atoms with Crippen molar-refractivity contribution in [1.82, 2.24) is 5.32 Å². The summed E-state index contributed by atoms with van der Waals surface area (Å²) in [6.07, 6.45) is 76.4. The number of phosphoric ester groups is 1. The standard InChI is InChI=1S/C67H133N2O6P/c1-6-8-10-12-14-16-18-20-22-23-24-25-26-27-28-29-30-31-32-33-34-35-36-37-38-39-40-41-42-43-44-45-46-47-49-51-53-55-57-59-61-67(71)68-65(64-75-76(72,73)74-63-62-69(3,4)5)66(70)60-58-56-54-52-50-48-21-19-17-15-13-11-9-7-2/h50,52,58,60,65-66,70H,6-49,51,53-57,59,61-64H2,1-5H3,(H-,68,71,72,73)/p+1/b52-50+,60-58+. The van der Waals surface area contributed by atoms with Gasteiger partial charge >= 0.3 is 7.82 Å². The van der Waals surface area contributed by atoms with Gasteiger partial charge in [-0.3, -0.25) is 13.8 Å². The zero-order valence-corrected chi connectivity index (χ0v) is 52.7. The van der Waals surface area contributed by atoms with Gasteiger partial charge in [-0.15, -0.1) is 0 Å². The van der Waals surface area contributed by atoms with E-state index in [1.807, 2.05) is 27.2 Å². The third-order valence-electron chi connectivity index (χ3n) is 15.7. The minimum Gasteiger partial charge on any atom is -0.387 e. The van der Waals surface area contributed by atoms with Crippen LogP contribution in [0.15, 0.2) is 24.3 Å². The van der Waals surface area contributed by atoms with Gasteiger partial charge in [0.25, 0.3) is 0 Å². The largest absolute Gasteiger partial charge is 0.472 e. The molecule has 0 bridgehead atoms. The quantitative estimate of drug-likeness (QED) is 0.0243. The number of rotatable bonds is 63. The van der Waals surface area contributed by atoms with Gasteiger partial charge in [-0.1, -0.05) is 334 Å². The Balaban J connectivity index is 3.84. The van der Waals surface area contributed by atoms with Gasteiger partial charge in [0.05, 0.1) is 39.9 Å². The number of carbonyl (C=O) groups excluding carboxylic acids is 1. The molecule has 1 amide bonds. The third kappa shape index (κ3) is 60.6. The molecule has 0 aliphatic carbocycles. The summed E-state index contributed by atoms with van der Waals surface area (Å²) in [7, 11) is 1.57. The van der Waals surface area contributed by atoms with E-state index >= 15 is 0 Å². The maximum Gasteiger partial charge on any atom is 0.472 e. The van der Waals surface area contributed by atoms with Gasteiger partial charge < -0.3 is 19.8 Å². The molecule has 76 heavy (non-hydrogen) atoms. The first-order chi connectivity index (χ1) is 37.0. The molecule has 0 aromatic heterocycles. The number of allylic oxidation sites excluding steroid dienone is 3. The summed E-state index contributed by atoms with van der Waals surface area (Å²) in [5, 5.41) is 13.9. The van der Waals surface area contributed by atoms with Crippen molar-refractivity contribution in [2.75, 3.05) is 40.9 Å². The first-order valence-electron chi connectivity index (χ1n) is 33.7. The van der Waals surface area contributed by atoms with E-state index in [4.69, 9.17) is 9.05 Å². The van der Waals surface area contributed by atoms with Crippen molar-refractivity contribution in [2.24, 2.45) is 0 Å². The minimum absolute atomic E-state index is 0.0587. The van der Waals surface area contributed by atoms with E-state index < -0.39 is 20.0 Å². The molecule has 0 aliphatic heterocycles. The first-order valence-corrected chi connectivity index (χ1v) is 35.2. The van der Waals surface area contributed by atoms with Gasteiger partial charge in [-0.2, -0.15) is 0 Å². The summed E-state index contributed by atoms with van der Waals surface area (Å²) in [4.78, 5) is 23.3. The summed E-state index contributed by atoms with van der Waals surface area (Å²) in [5.74, 6) is -0.180. The lowest BCUT2D eigenvalue weighted by atomic mass is 10.0. The predicted molar refractivity (Wildman–Crippen MR) is 332 cm³/mol. The van der Waals surface area contributed by atoms with Crippen molar-refractivity contribution in [3.05, 3.63) is 24.3 Å². The van der Waals surface area contributed by atoms with Crippen molar-refractivity contribution in [1.29, 1.82) is 0 Å². The van der Waals surface area contributed by atoms with Crippen LogP contribution in [0.3, 0.4) is 0 Å². The van der Waals surface area contributed by atoms with Gasteiger partial charge in [0.2, 0.25) is 5.91 Å². The van der Waals surface area contributed by atoms with Crippen molar-refractivity contribution >= 4 is 13.7 Å². The smallest absolute Gasteiger partial charge is 0.387 e. The second-order valence-corrected chi connectivity index (χ2v) is 26.0. The Kier molecular flexibility index (Phi) is 57.8. The number of nitrogens with one attached hydrogen (secondary N) is 1. The minimum atomic E-state index is -4.35. The van der Waals surface area contributed by atoms with Crippen LogP contribution < -0.4 is 5.32 Å². The van der Waals surface area contributed by atoms with Gasteiger partial charge in [-0.25, -0.2) is 4.57 Å². The number of nitrogens with zero attached hydrogens (tertiary/aromatic N) is 1. The lowest BCUT2D eigenvalue weighted by molar-refractivity contribution is -0.870. The number of quaternary nitrogens is 1. The lowest BCUT2D eigenvalue weighted by Gasteiger charge is -2.25. The molecule has 3 unspecified atom stereocenters.